The fraction of sp³-hybridized carbons (Fsp3) is 0.435. The van der Waals surface area contributed by atoms with E-state index in [0.717, 1.165) is 17.0 Å². The van der Waals surface area contributed by atoms with Crippen LogP contribution in [0.1, 0.15) is 23.9 Å². The summed E-state index contributed by atoms with van der Waals surface area (Å²) in [7, 11) is 1.67. The third-order valence-corrected chi connectivity index (χ3v) is 5.74. The number of amides is 3. The molecule has 1 atom stereocenters. The van der Waals surface area contributed by atoms with E-state index in [1.807, 2.05) is 61.7 Å². The summed E-state index contributed by atoms with van der Waals surface area (Å²) in [6.45, 7) is 7.57. The first-order valence-corrected chi connectivity index (χ1v) is 10.9. The largest absolute Gasteiger partial charge is 0.421 e. The van der Waals surface area contributed by atoms with Gasteiger partial charge in [-0.2, -0.15) is 0 Å². The van der Waals surface area contributed by atoms with E-state index in [4.69, 9.17) is 9.73 Å². The number of imide groups is 1. The molecule has 32 heavy (non-hydrogen) atoms. The first kappa shape index (κ1) is 21.9. The average molecular weight is 438 g/mol. The zero-order valence-electron chi connectivity index (χ0n) is 19.0. The maximum absolute atomic E-state index is 13.6. The fourth-order valence-electron chi connectivity index (χ4n) is 4.13. The maximum Gasteiger partial charge on any atom is 0.421 e. The number of hydrogen-bond acceptors (Lipinski definition) is 5. The molecule has 9 nitrogen and oxygen atoms in total. The van der Waals surface area contributed by atoms with Gasteiger partial charge in [-0.15, -0.1) is 9.78 Å². The molecule has 0 saturated carbocycles. The molecule has 0 radical (unpaired) electrons. The number of aryl methyl sites for hydroxylation is 2. The number of ether oxygens (including phenoxy) is 1. The highest BCUT2D eigenvalue weighted by molar-refractivity contribution is 6.23. The van der Waals surface area contributed by atoms with Gasteiger partial charge >= 0.3 is 12.0 Å². The lowest BCUT2D eigenvalue weighted by molar-refractivity contribution is -0.540. The molecule has 0 bridgehead atoms. The SMILES string of the molecule is CCOCC[N+]1=C(n2nc(C)cc2C)N=C2C1C(=O)N(CCc1ccccc1)C(=O)N2C. The Bertz CT molecular complexity index is 1090. The van der Waals surface area contributed by atoms with E-state index < -0.39 is 6.04 Å². The van der Waals surface area contributed by atoms with Crippen molar-refractivity contribution in [1.29, 1.82) is 0 Å². The number of rotatable bonds is 7. The highest BCUT2D eigenvalue weighted by Crippen LogP contribution is 2.21. The molecule has 2 aliphatic rings. The van der Waals surface area contributed by atoms with Crippen molar-refractivity contribution in [2.75, 3.05) is 33.4 Å². The number of carbonyl (C=O) groups is 2. The molecule has 0 aliphatic carbocycles. The number of carbonyl (C=O) groups excluding carboxylic acids is 2. The van der Waals surface area contributed by atoms with Crippen LogP contribution < -0.4 is 0 Å². The second-order valence-electron chi connectivity index (χ2n) is 7.97. The molecule has 9 heteroatoms. The molecule has 1 fully saturated rings. The summed E-state index contributed by atoms with van der Waals surface area (Å²) in [5.74, 6) is 0.694. The number of amidine groups is 1. The number of benzene rings is 1. The lowest BCUT2D eigenvalue weighted by atomic mass is 10.1. The number of fused-ring (bicyclic) bond motifs is 1. The van der Waals surface area contributed by atoms with Crippen LogP contribution in [-0.4, -0.2) is 87.3 Å². The minimum atomic E-state index is -0.687. The van der Waals surface area contributed by atoms with E-state index in [9.17, 15) is 9.59 Å². The van der Waals surface area contributed by atoms with Gasteiger partial charge in [-0.25, -0.2) is 9.37 Å². The van der Waals surface area contributed by atoms with Gasteiger partial charge in [-0.1, -0.05) is 35.3 Å². The Morgan fingerprint density at radius 2 is 1.91 bits per heavy atom. The molecule has 1 aromatic heterocycles. The van der Waals surface area contributed by atoms with Crippen LogP contribution in [0.5, 0.6) is 0 Å². The number of aromatic nitrogens is 2. The van der Waals surface area contributed by atoms with Gasteiger partial charge < -0.3 is 4.74 Å². The van der Waals surface area contributed by atoms with Gasteiger partial charge in [0.2, 0.25) is 11.9 Å². The maximum atomic E-state index is 13.6. The Balaban J connectivity index is 1.68. The lowest BCUT2D eigenvalue weighted by Gasteiger charge is -2.34. The standard InChI is InChI=1S/C23H29N6O3/c1-5-32-14-13-27-19-20(24-22(27)29-17(3)15-16(2)25-29)26(4)23(31)28(21(19)30)12-11-18-9-7-6-8-10-18/h6-10,15,19H,5,11-14H2,1-4H3/q+1. The van der Waals surface area contributed by atoms with Gasteiger partial charge in [0.1, 0.15) is 5.69 Å². The zero-order valence-corrected chi connectivity index (χ0v) is 19.0. The fourth-order valence-corrected chi connectivity index (χ4v) is 4.13. The Labute approximate surface area is 187 Å². The van der Waals surface area contributed by atoms with E-state index in [1.54, 1.807) is 11.7 Å². The van der Waals surface area contributed by atoms with Crippen molar-refractivity contribution in [3.05, 3.63) is 53.3 Å². The number of urea groups is 1. The van der Waals surface area contributed by atoms with Crippen molar-refractivity contribution in [3.8, 4) is 0 Å². The third-order valence-electron chi connectivity index (χ3n) is 5.74. The Hall–Kier alpha value is -3.33. The molecule has 3 amide bonds. The smallest absolute Gasteiger partial charge is 0.378 e. The summed E-state index contributed by atoms with van der Waals surface area (Å²) in [6, 6.07) is 10.7. The van der Waals surface area contributed by atoms with Crippen molar-refractivity contribution in [1.82, 2.24) is 19.6 Å². The second-order valence-corrected chi connectivity index (χ2v) is 7.97. The summed E-state index contributed by atoms with van der Waals surface area (Å²) in [4.78, 5) is 34.1. The summed E-state index contributed by atoms with van der Waals surface area (Å²) < 4.78 is 9.19. The van der Waals surface area contributed by atoms with Crippen LogP contribution in [0.25, 0.3) is 0 Å². The van der Waals surface area contributed by atoms with Crippen LogP contribution in [-0.2, 0) is 16.0 Å². The molecule has 3 heterocycles. The van der Waals surface area contributed by atoms with E-state index in [1.165, 1.54) is 9.80 Å². The van der Waals surface area contributed by atoms with Crippen LogP contribution in [0.4, 0.5) is 4.79 Å². The van der Waals surface area contributed by atoms with E-state index in [0.29, 0.717) is 44.5 Å². The van der Waals surface area contributed by atoms with Crippen LogP contribution in [0.3, 0.4) is 0 Å². The minimum Gasteiger partial charge on any atom is -0.378 e. The molecule has 2 aromatic rings. The molecule has 0 spiro atoms. The molecule has 1 unspecified atom stereocenters. The van der Waals surface area contributed by atoms with Crippen LogP contribution in [0.2, 0.25) is 0 Å². The summed E-state index contributed by atoms with van der Waals surface area (Å²) in [5, 5.41) is 4.55. The summed E-state index contributed by atoms with van der Waals surface area (Å²) >= 11 is 0. The number of likely N-dealkylation sites (N-methyl/N-ethyl adjacent to an activating group) is 1. The van der Waals surface area contributed by atoms with Crippen molar-refractivity contribution in [2.45, 2.75) is 33.2 Å². The summed E-state index contributed by atoms with van der Waals surface area (Å²) in [5.41, 5.74) is 2.84. The first-order valence-electron chi connectivity index (χ1n) is 10.9. The molecular weight excluding hydrogens is 408 g/mol. The van der Waals surface area contributed by atoms with Gasteiger partial charge in [0.05, 0.1) is 18.8 Å². The van der Waals surface area contributed by atoms with Crippen molar-refractivity contribution in [2.24, 2.45) is 4.99 Å². The quantitative estimate of drug-likeness (QED) is 0.487. The molecule has 1 aromatic carbocycles. The Morgan fingerprint density at radius 3 is 2.56 bits per heavy atom. The van der Waals surface area contributed by atoms with Crippen molar-refractivity contribution in [3.63, 3.8) is 0 Å². The molecular formula is C23H29N6O3+. The average Bonchev–Trinajstić information content (AvgIpc) is 3.32. The predicted octanol–water partition coefficient (Wildman–Crippen LogP) is 1.67. The molecule has 1 saturated heterocycles. The Kier molecular flexibility index (Phi) is 6.18. The topological polar surface area (TPSA) is 83.0 Å². The number of aliphatic imine (C=N–C) groups is 1. The van der Waals surface area contributed by atoms with Gasteiger partial charge in [0, 0.05) is 20.2 Å². The second kappa shape index (κ2) is 9.04. The zero-order chi connectivity index (χ0) is 22.8. The molecule has 4 rings (SSSR count). The van der Waals surface area contributed by atoms with Crippen molar-refractivity contribution < 1.29 is 18.9 Å². The number of hydrogen-bond donors (Lipinski definition) is 0. The van der Waals surface area contributed by atoms with Crippen LogP contribution >= 0.6 is 0 Å². The van der Waals surface area contributed by atoms with Gasteiger partial charge in [0.15, 0.2) is 0 Å². The normalized spacial score (nSPS) is 18.5. The van der Waals surface area contributed by atoms with Crippen LogP contribution in [0, 0.1) is 13.8 Å². The third kappa shape index (κ3) is 3.95. The minimum absolute atomic E-state index is 0.268. The first-order chi connectivity index (χ1) is 15.4. The van der Waals surface area contributed by atoms with Gasteiger partial charge in [-0.05, 0) is 38.8 Å². The number of nitrogens with zero attached hydrogens (tertiary/aromatic N) is 6. The molecule has 168 valence electrons. The lowest BCUT2D eigenvalue weighted by Crippen LogP contribution is -2.63. The van der Waals surface area contributed by atoms with E-state index in [2.05, 4.69) is 5.10 Å². The van der Waals surface area contributed by atoms with Gasteiger partial charge in [0.25, 0.3) is 5.91 Å². The highest BCUT2D eigenvalue weighted by atomic mass is 16.5. The summed E-state index contributed by atoms with van der Waals surface area (Å²) in [6.07, 6.45) is 0.596. The predicted molar refractivity (Wildman–Crippen MR) is 120 cm³/mol. The van der Waals surface area contributed by atoms with E-state index >= 15 is 0 Å². The van der Waals surface area contributed by atoms with E-state index in [-0.39, 0.29) is 11.9 Å². The Morgan fingerprint density at radius 1 is 1.16 bits per heavy atom. The van der Waals surface area contributed by atoms with Gasteiger partial charge in [-0.3, -0.25) is 14.6 Å². The monoisotopic (exact) mass is 437 g/mol. The molecule has 0 N–H and O–H groups in total. The molecule has 2 aliphatic heterocycles. The van der Waals surface area contributed by atoms with Crippen LogP contribution in [0.15, 0.2) is 41.4 Å². The highest BCUT2D eigenvalue weighted by Gasteiger charge is 2.53. The van der Waals surface area contributed by atoms with Crippen molar-refractivity contribution >= 4 is 23.7 Å².